The zero-order valence-corrected chi connectivity index (χ0v) is 21.9. The SMILES string of the molecule is COC(=O)C1(C)CN(c2nc(Nc3cc4c5c(c3)CN(C)CC5CCC4)ncc2Cl)C2=C1C=CCC2. The zero-order valence-electron chi connectivity index (χ0n) is 21.1. The highest BCUT2D eigenvalue weighted by atomic mass is 35.5. The van der Waals surface area contributed by atoms with Crippen LogP contribution in [-0.4, -0.2) is 48.1 Å². The molecule has 4 aliphatic rings. The van der Waals surface area contributed by atoms with Crippen LogP contribution in [0.15, 0.2) is 41.8 Å². The minimum Gasteiger partial charge on any atom is -0.468 e. The summed E-state index contributed by atoms with van der Waals surface area (Å²) in [5.74, 6) is 1.50. The van der Waals surface area contributed by atoms with Crippen molar-refractivity contribution in [1.82, 2.24) is 14.9 Å². The maximum Gasteiger partial charge on any atom is 0.317 e. The number of rotatable bonds is 4. The molecule has 2 unspecified atom stereocenters. The number of nitrogens with one attached hydrogen (secondary N) is 1. The number of aromatic nitrogens is 2. The molecule has 0 fully saturated rings. The zero-order chi connectivity index (χ0) is 25.0. The molecule has 2 aliphatic carbocycles. The molecule has 0 saturated heterocycles. The third-order valence-corrected chi connectivity index (χ3v) is 8.41. The first kappa shape index (κ1) is 23.5. The molecule has 1 N–H and O–H groups in total. The number of aryl methyl sites for hydroxylation is 1. The summed E-state index contributed by atoms with van der Waals surface area (Å²) in [5.41, 5.74) is 6.71. The molecule has 2 aliphatic heterocycles. The summed E-state index contributed by atoms with van der Waals surface area (Å²) < 4.78 is 5.18. The van der Waals surface area contributed by atoms with Gasteiger partial charge in [0, 0.05) is 31.0 Å². The Labute approximate surface area is 217 Å². The monoisotopic (exact) mass is 505 g/mol. The highest BCUT2D eigenvalue weighted by Gasteiger charge is 2.48. The van der Waals surface area contributed by atoms with Gasteiger partial charge < -0.3 is 19.9 Å². The lowest BCUT2D eigenvalue weighted by atomic mass is 9.77. The Morgan fingerprint density at radius 2 is 2.11 bits per heavy atom. The average molecular weight is 506 g/mol. The number of halogens is 1. The first-order valence-electron chi connectivity index (χ1n) is 12.8. The van der Waals surface area contributed by atoms with Gasteiger partial charge in [0.15, 0.2) is 5.82 Å². The number of carbonyl (C=O) groups excluding carboxylic acids is 1. The Morgan fingerprint density at radius 1 is 1.28 bits per heavy atom. The predicted molar refractivity (Wildman–Crippen MR) is 142 cm³/mol. The van der Waals surface area contributed by atoms with Crippen molar-refractivity contribution in [3.05, 3.63) is 63.5 Å². The Kier molecular flexibility index (Phi) is 5.80. The van der Waals surface area contributed by atoms with Crippen molar-refractivity contribution in [1.29, 1.82) is 0 Å². The lowest BCUT2D eigenvalue weighted by Gasteiger charge is -2.37. The molecule has 0 amide bonds. The molecule has 2 aromatic rings. The topological polar surface area (TPSA) is 70.6 Å². The van der Waals surface area contributed by atoms with Crippen molar-refractivity contribution in [2.45, 2.75) is 51.5 Å². The standard InChI is InChI=1S/C28H32ClN5O2/c1-28(26(35)36-3)16-34(23-10-5-4-9-21(23)28)25-22(29)13-30-27(32-25)31-20-11-17-7-6-8-18-14-33(2)15-19(12-20)24(17)18/h4,9,11-13,18H,5-8,10,14-16H2,1-3H3,(H,30,31,32). The Morgan fingerprint density at radius 3 is 2.94 bits per heavy atom. The maximum absolute atomic E-state index is 12.8. The second kappa shape index (κ2) is 8.89. The number of methoxy groups -OCH3 is 1. The predicted octanol–water partition coefficient (Wildman–Crippen LogP) is 5.34. The van der Waals surface area contributed by atoms with Crippen LogP contribution in [0.25, 0.3) is 0 Å². The van der Waals surface area contributed by atoms with Gasteiger partial charge in [0.25, 0.3) is 0 Å². The van der Waals surface area contributed by atoms with Gasteiger partial charge in [-0.2, -0.15) is 4.98 Å². The lowest BCUT2D eigenvalue weighted by Crippen LogP contribution is -2.36. The molecule has 3 heterocycles. The Bertz CT molecular complexity index is 1310. The first-order chi connectivity index (χ1) is 17.4. The van der Waals surface area contributed by atoms with Gasteiger partial charge in [0.1, 0.15) is 10.4 Å². The van der Waals surface area contributed by atoms with Crippen LogP contribution < -0.4 is 10.2 Å². The lowest BCUT2D eigenvalue weighted by molar-refractivity contribution is -0.148. The van der Waals surface area contributed by atoms with E-state index >= 15 is 0 Å². The molecule has 36 heavy (non-hydrogen) atoms. The third-order valence-electron chi connectivity index (χ3n) is 8.14. The molecule has 8 heteroatoms. The van der Waals surface area contributed by atoms with E-state index in [1.54, 1.807) is 11.8 Å². The summed E-state index contributed by atoms with van der Waals surface area (Å²) >= 11 is 6.64. The van der Waals surface area contributed by atoms with E-state index in [1.807, 2.05) is 13.0 Å². The van der Waals surface area contributed by atoms with E-state index in [-0.39, 0.29) is 5.97 Å². The molecule has 7 nitrogen and oxygen atoms in total. The second-order valence-corrected chi connectivity index (χ2v) is 11.1. The van der Waals surface area contributed by atoms with E-state index in [9.17, 15) is 4.79 Å². The van der Waals surface area contributed by atoms with Gasteiger partial charge >= 0.3 is 5.97 Å². The van der Waals surface area contributed by atoms with Gasteiger partial charge in [-0.15, -0.1) is 0 Å². The highest BCUT2D eigenvalue weighted by molar-refractivity contribution is 6.33. The fourth-order valence-corrected chi connectivity index (χ4v) is 6.77. The van der Waals surface area contributed by atoms with Crippen LogP contribution in [-0.2, 0) is 22.5 Å². The number of hydrogen-bond acceptors (Lipinski definition) is 7. The average Bonchev–Trinajstić information content (AvgIpc) is 3.18. The van der Waals surface area contributed by atoms with E-state index in [0.717, 1.165) is 49.3 Å². The van der Waals surface area contributed by atoms with E-state index < -0.39 is 5.41 Å². The van der Waals surface area contributed by atoms with Crippen LogP contribution in [0.1, 0.15) is 55.2 Å². The fourth-order valence-electron chi connectivity index (χ4n) is 6.58. The van der Waals surface area contributed by atoms with Crippen molar-refractivity contribution >= 4 is 35.0 Å². The van der Waals surface area contributed by atoms with Crippen molar-refractivity contribution in [2.75, 3.05) is 37.5 Å². The molecule has 188 valence electrons. The summed E-state index contributed by atoms with van der Waals surface area (Å²) in [7, 11) is 3.64. The molecule has 2 atom stereocenters. The number of nitrogens with zero attached hydrogens (tertiary/aromatic N) is 4. The second-order valence-electron chi connectivity index (χ2n) is 10.7. The molecule has 0 saturated carbocycles. The fraction of sp³-hybridized carbons (Fsp3) is 0.464. The molecule has 0 radical (unpaired) electrons. The van der Waals surface area contributed by atoms with Gasteiger partial charge in [-0.1, -0.05) is 23.8 Å². The number of ether oxygens (including phenoxy) is 1. The summed E-state index contributed by atoms with van der Waals surface area (Å²) in [5, 5.41) is 3.91. The first-order valence-corrected chi connectivity index (χ1v) is 13.1. The van der Waals surface area contributed by atoms with Crippen LogP contribution >= 0.6 is 11.6 Å². The van der Waals surface area contributed by atoms with Gasteiger partial charge in [-0.3, -0.25) is 4.79 Å². The summed E-state index contributed by atoms with van der Waals surface area (Å²) in [4.78, 5) is 26.6. The van der Waals surface area contributed by atoms with Crippen LogP contribution in [0, 0.1) is 5.41 Å². The van der Waals surface area contributed by atoms with Crippen LogP contribution in [0.3, 0.4) is 0 Å². The van der Waals surface area contributed by atoms with Crippen LogP contribution in [0.5, 0.6) is 0 Å². The normalized spacial score (nSPS) is 25.0. The Hall–Kier alpha value is -2.90. The number of esters is 1. The number of likely N-dealkylation sites (N-methyl/N-ethyl adjacent to an activating group) is 1. The molecule has 6 rings (SSSR count). The number of anilines is 3. The van der Waals surface area contributed by atoms with E-state index in [0.29, 0.717) is 29.3 Å². The van der Waals surface area contributed by atoms with Crippen LogP contribution in [0.2, 0.25) is 5.02 Å². The highest BCUT2D eigenvalue weighted by Crippen LogP contribution is 2.47. The van der Waals surface area contributed by atoms with Crippen LogP contribution in [0.4, 0.5) is 17.5 Å². The minimum absolute atomic E-state index is 0.251. The summed E-state index contributed by atoms with van der Waals surface area (Å²) in [6, 6.07) is 4.52. The molecule has 1 aromatic heterocycles. The van der Waals surface area contributed by atoms with Crippen molar-refractivity contribution in [3.8, 4) is 0 Å². The minimum atomic E-state index is -0.771. The number of allylic oxidation sites excluding steroid dienone is 3. The molecule has 0 spiro atoms. The van der Waals surface area contributed by atoms with E-state index in [4.69, 9.17) is 21.3 Å². The molecular formula is C28H32ClN5O2. The van der Waals surface area contributed by atoms with Gasteiger partial charge in [-0.05, 0) is 86.4 Å². The summed E-state index contributed by atoms with van der Waals surface area (Å²) in [6.07, 6.45) is 11.2. The van der Waals surface area contributed by atoms with Crippen molar-refractivity contribution in [3.63, 3.8) is 0 Å². The maximum atomic E-state index is 12.8. The number of hydrogen-bond donors (Lipinski definition) is 1. The third kappa shape index (κ3) is 3.80. The molecule has 0 bridgehead atoms. The van der Waals surface area contributed by atoms with Gasteiger partial charge in [0.05, 0.1) is 13.3 Å². The van der Waals surface area contributed by atoms with E-state index in [2.05, 4.69) is 45.4 Å². The smallest absolute Gasteiger partial charge is 0.317 e. The Balaban J connectivity index is 1.34. The molecule has 1 aromatic carbocycles. The van der Waals surface area contributed by atoms with Gasteiger partial charge in [-0.25, -0.2) is 4.98 Å². The van der Waals surface area contributed by atoms with Crippen molar-refractivity contribution < 1.29 is 9.53 Å². The van der Waals surface area contributed by atoms with Crippen molar-refractivity contribution in [2.24, 2.45) is 5.41 Å². The largest absolute Gasteiger partial charge is 0.468 e. The van der Waals surface area contributed by atoms with Gasteiger partial charge in [0.2, 0.25) is 5.95 Å². The van der Waals surface area contributed by atoms with E-state index in [1.165, 1.54) is 31.1 Å². The molecular weight excluding hydrogens is 474 g/mol. The number of benzene rings is 1. The quantitative estimate of drug-likeness (QED) is 0.562. The summed E-state index contributed by atoms with van der Waals surface area (Å²) in [6.45, 7) is 4.47. The number of carbonyl (C=O) groups is 1.